The average Bonchev–Trinajstić information content (AvgIpc) is 2.15. The Kier molecular flexibility index (Phi) is 3.60. The zero-order chi connectivity index (χ0) is 9.68. The van der Waals surface area contributed by atoms with Gasteiger partial charge in [0.25, 0.3) is 5.56 Å². The molecule has 0 fully saturated rings. The lowest BCUT2D eigenvalue weighted by atomic mass is 10.2. The normalized spacial score (nSPS) is 10.3. The fraction of sp³-hybridized carbons (Fsp3) is 0.500. The van der Waals surface area contributed by atoms with Gasteiger partial charge in [-0.1, -0.05) is 6.92 Å². The van der Waals surface area contributed by atoms with Crippen LogP contribution < -0.4 is 11.0 Å². The van der Waals surface area contributed by atoms with Crippen LogP contribution in [0.2, 0.25) is 0 Å². The molecule has 2 N–H and O–H groups in total. The predicted octanol–water partition coefficient (Wildman–Crippen LogP) is -0.0167. The van der Waals surface area contributed by atoms with Gasteiger partial charge in [0, 0.05) is 0 Å². The minimum Gasteiger partial charge on any atom is -0.313 e. The molecule has 13 heavy (non-hydrogen) atoms. The van der Waals surface area contributed by atoms with Crippen molar-refractivity contribution in [3.63, 3.8) is 0 Å². The van der Waals surface area contributed by atoms with E-state index in [-0.39, 0.29) is 5.56 Å². The van der Waals surface area contributed by atoms with E-state index in [0.717, 1.165) is 12.1 Å². The van der Waals surface area contributed by atoms with Crippen molar-refractivity contribution in [3.05, 3.63) is 27.9 Å². The highest BCUT2D eigenvalue weighted by Gasteiger charge is 2.05. The molecule has 0 aromatic carbocycles. The molecule has 0 aliphatic rings. The predicted molar refractivity (Wildman–Crippen MR) is 48.1 cm³/mol. The summed E-state index contributed by atoms with van der Waals surface area (Å²) in [6, 6.07) is 0. The van der Waals surface area contributed by atoms with Gasteiger partial charge in [-0.25, -0.2) is 4.98 Å². The molecule has 0 saturated heterocycles. The maximum absolute atomic E-state index is 11.3. The lowest BCUT2D eigenvalue weighted by Crippen LogP contribution is -2.23. The van der Waals surface area contributed by atoms with Crippen molar-refractivity contribution in [2.45, 2.75) is 19.9 Å². The van der Waals surface area contributed by atoms with Gasteiger partial charge in [-0.3, -0.25) is 4.79 Å². The standard InChI is InChI=1S/C8H13N3O2/c1-3-7-6(4-11-13-2)8(12)10-5-9-7/h5,11H,3-4H2,1-2H3,(H,9,10,12). The van der Waals surface area contributed by atoms with Crippen molar-refractivity contribution in [2.75, 3.05) is 7.11 Å². The van der Waals surface area contributed by atoms with Crippen molar-refractivity contribution < 1.29 is 4.84 Å². The second-order valence-corrected chi connectivity index (χ2v) is 2.54. The monoisotopic (exact) mass is 183 g/mol. The zero-order valence-electron chi connectivity index (χ0n) is 7.76. The van der Waals surface area contributed by atoms with E-state index >= 15 is 0 Å². The minimum absolute atomic E-state index is 0.114. The van der Waals surface area contributed by atoms with Crippen molar-refractivity contribution in [1.29, 1.82) is 0 Å². The van der Waals surface area contributed by atoms with Crippen LogP contribution in [-0.4, -0.2) is 17.1 Å². The first-order valence-corrected chi connectivity index (χ1v) is 4.10. The number of H-pyrrole nitrogens is 1. The first-order valence-electron chi connectivity index (χ1n) is 4.10. The highest BCUT2D eigenvalue weighted by atomic mass is 16.6. The number of nitrogens with zero attached hydrogens (tertiary/aromatic N) is 1. The minimum atomic E-state index is -0.114. The maximum Gasteiger partial charge on any atom is 0.255 e. The number of hydroxylamine groups is 1. The molecule has 5 heteroatoms. The maximum atomic E-state index is 11.3. The van der Waals surface area contributed by atoms with Crippen LogP contribution in [0, 0.1) is 0 Å². The molecule has 0 unspecified atom stereocenters. The van der Waals surface area contributed by atoms with Gasteiger partial charge in [-0.2, -0.15) is 5.48 Å². The van der Waals surface area contributed by atoms with E-state index < -0.39 is 0 Å². The number of hydrogen-bond acceptors (Lipinski definition) is 4. The topological polar surface area (TPSA) is 67.0 Å². The number of aromatic amines is 1. The Balaban J connectivity index is 2.94. The summed E-state index contributed by atoms with van der Waals surface area (Å²) in [6.07, 6.45) is 2.15. The molecule has 0 amide bonds. The lowest BCUT2D eigenvalue weighted by molar-refractivity contribution is 0.0861. The van der Waals surface area contributed by atoms with E-state index in [1.54, 1.807) is 0 Å². The molecule has 1 heterocycles. The van der Waals surface area contributed by atoms with E-state index in [1.165, 1.54) is 13.4 Å². The fourth-order valence-corrected chi connectivity index (χ4v) is 1.10. The number of nitrogens with one attached hydrogen (secondary N) is 2. The van der Waals surface area contributed by atoms with Gasteiger partial charge in [0.05, 0.1) is 31.2 Å². The summed E-state index contributed by atoms with van der Waals surface area (Å²) in [4.78, 5) is 22.6. The van der Waals surface area contributed by atoms with Gasteiger partial charge in [0.2, 0.25) is 0 Å². The Hall–Kier alpha value is -1.20. The van der Waals surface area contributed by atoms with Crippen LogP contribution >= 0.6 is 0 Å². The fourth-order valence-electron chi connectivity index (χ4n) is 1.10. The van der Waals surface area contributed by atoms with Crippen LogP contribution in [0.3, 0.4) is 0 Å². The Morgan fingerprint density at radius 3 is 3.08 bits per heavy atom. The zero-order valence-corrected chi connectivity index (χ0v) is 7.76. The van der Waals surface area contributed by atoms with Crippen molar-refractivity contribution >= 4 is 0 Å². The van der Waals surface area contributed by atoms with Gasteiger partial charge >= 0.3 is 0 Å². The Morgan fingerprint density at radius 1 is 1.69 bits per heavy atom. The summed E-state index contributed by atoms with van der Waals surface area (Å²) >= 11 is 0. The third kappa shape index (κ3) is 2.37. The quantitative estimate of drug-likeness (QED) is 0.644. The summed E-state index contributed by atoms with van der Waals surface area (Å²) in [6.45, 7) is 2.33. The molecule has 72 valence electrons. The van der Waals surface area contributed by atoms with Crippen LogP contribution in [0.4, 0.5) is 0 Å². The van der Waals surface area contributed by atoms with Crippen molar-refractivity contribution in [2.24, 2.45) is 0 Å². The summed E-state index contributed by atoms with van der Waals surface area (Å²) in [5.74, 6) is 0. The number of rotatable bonds is 4. The molecular weight excluding hydrogens is 170 g/mol. The van der Waals surface area contributed by atoms with E-state index in [9.17, 15) is 4.79 Å². The van der Waals surface area contributed by atoms with Crippen molar-refractivity contribution in [1.82, 2.24) is 15.4 Å². The SMILES string of the molecule is CCc1nc[nH]c(=O)c1CNOC. The average molecular weight is 183 g/mol. The number of aromatic nitrogens is 2. The largest absolute Gasteiger partial charge is 0.313 e. The Labute approximate surface area is 76.1 Å². The number of hydrogen-bond donors (Lipinski definition) is 2. The summed E-state index contributed by atoms with van der Waals surface area (Å²) < 4.78 is 0. The number of aryl methyl sites for hydroxylation is 1. The second-order valence-electron chi connectivity index (χ2n) is 2.54. The summed E-state index contributed by atoms with van der Waals surface area (Å²) in [5, 5.41) is 0. The van der Waals surface area contributed by atoms with Gasteiger partial charge in [0.15, 0.2) is 0 Å². The van der Waals surface area contributed by atoms with Gasteiger partial charge in [0.1, 0.15) is 0 Å². The molecule has 0 aliphatic carbocycles. The molecule has 1 rings (SSSR count). The lowest BCUT2D eigenvalue weighted by Gasteiger charge is -2.04. The molecule has 5 nitrogen and oxygen atoms in total. The first kappa shape index (κ1) is 9.88. The van der Waals surface area contributed by atoms with E-state index in [0.29, 0.717) is 12.1 Å². The first-order chi connectivity index (χ1) is 6.29. The van der Waals surface area contributed by atoms with Crippen LogP contribution in [0.25, 0.3) is 0 Å². The Morgan fingerprint density at radius 2 is 2.46 bits per heavy atom. The third-order valence-electron chi connectivity index (χ3n) is 1.77. The molecule has 0 bridgehead atoms. The third-order valence-corrected chi connectivity index (χ3v) is 1.77. The van der Waals surface area contributed by atoms with Gasteiger partial charge in [-0.15, -0.1) is 0 Å². The highest BCUT2D eigenvalue weighted by molar-refractivity contribution is 5.15. The summed E-state index contributed by atoms with van der Waals surface area (Å²) in [5.41, 5.74) is 3.94. The molecule has 0 atom stereocenters. The van der Waals surface area contributed by atoms with Crippen LogP contribution in [0.1, 0.15) is 18.2 Å². The summed E-state index contributed by atoms with van der Waals surface area (Å²) in [7, 11) is 1.51. The smallest absolute Gasteiger partial charge is 0.255 e. The van der Waals surface area contributed by atoms with Crippen LogP contribution in [0.5, 0.6) is 0 Å². The molecule has 1 aromatic rings. The van der Waals surface area contributed by atoms with E-state index in [1.807, 2.05) is 6.92 Å². The second kappa shape index (κ2) is 4.74. The molecule has 0 radical (unpaired) electrons. The van der Waals surface area contributed by atoms with Crippen LogP contribution in [0.15, 0.2) is 11.1 Å². The van der Waals surface area contributed by atoms with Gasteiger partial charge < -0.3 is 9.82 Å². The van der Waals surface area contributed by atoms with E-state index in [2.05, 4.69) is 20.3 Å². The Bertz CT molecular complexity index is 321. The molecule has 0 spiro atoms. The van der Waals surface area contributed by atoms with Crippen LogP contribution in [-0.2, 0) is 17.8 Å². The molecular formula is C8H13N3O2. The highest BCUT2D eigenvalue weighted by Crippen LogP contribution is 1.98. The molecule has 0 aliphatic heterocycles. The van der Waals surface area contributed by atoms with E-state index in [4.69, 9.17) is 0 Å². The molecule has 0 saturated carbocycles. The molecule has 1 aromatic heterocycles. The van der Waals surface area contributed by atoms with Gasteiger partial charge in [-0.05, 0) is 6.42 Å². The van der Waals surface area contributed by atoms with Crippen molar-refractivity contribution in [3.8, 4) is 0 Å².